The van der Waals surface area contributed by atoms with Crippen LogP contribution in [0.3, 0.4) is 0 Å². The molecule has 0 bridgehead atoms. The van der Waals surface area contributed by atoms with Crippen molar-refractivity contribution in [2.24, 2.45) is 0 Å². The maximum atomic E-state index is 12.1. The summed E-state index contributed by atoms with van der Waals surface area (Å²) in [6.07, 6.45) is -1.67. The first-order valence-corrected chi connectivity index (χ1v) is 7.30. The highest BCUT2D eigenvalue weighted by molar-refractivity contribution is 5.87. The first kappa shape index (κ1) is 15.8. The zero-order valence-corrected chi connectivity index (χ0v) is 12.6. The fourth-order valence-corrected chi connectivity index (χ4v) is 2.49. The van der Waals surface area contributed by atoms with Crippen molar-refractivity contribution in [3.05, 3.63) is 82.1 Å². The van der Waals surface area contributed by atoms with Crippen LogP contribution in [-0.2, 0) is 11.4 Å². The SMILES string of the molecule is O=C(O)C(O)c1cccc2c1ccc(=O)n2OCc1ccccc1. The molecule has 2 aromatic carbocycles. The molecule has 0 saturated heterocycles. The average molecular weight is 325 g/mol. The van der Waals surface area contributed by atoms with Gasteiger partial charge in [0.2, 0.25) is 0 Å². The molecular weight excluding hydrogens is 310 g/mol. The molecule has 0 aliphatic rings. The van der Waals surface area contributed by atoms with Gasteiger partial charge in [-0.15, -0.1) is 4.73 Å². The normalized spacial score (nSPS) is 12.0. The van der Waals surface area contributed by atoms with Crippen molar-refractivity contribution in [1.29, 1.82) is 0 Å². The fraction of sp³-hybridized carbons (Fsp3) is 0.111. The number of hydrogen-bond acceptors (Lipinski definition) is 4. The molecule has 0 spiro atoms. The van der Waals surface area contributed by atoms with Gasteiger partial charge in [0.05, 0.1) is 5.52 Å². The number of rotatable bonds is 5. The van der Waals surface area contributed by atoms with Gasteiger partial charge >= 0.3 is 5.97 Å². The van der Waals surface area contributed by atoms with Crippen LogP contribution < -0.4 is 10.4 Å². The summed E-state index contributed by atoms with van der Waals surface area (Å²) < 4.78 is 1.11. The smallest absolute Gasteiger partial charge is 0.337 e. The first-order chi connectivity index (χ1) is 11.6. The molecule has 0 aliphatic heterocycles. The van der Waals surface area contributed by atoms with Crippen molar-refractivity contribution < 1.29 is 19.8 Å². The van der Waals surface area contributed by atoms with Crippen LogP contribution in [0.15, 0.2) is 65.5 Å². The summed E-state index contributed by atoms with van der Waals surface area (Å²) in [5.41, 5.74) is 1.12. The molecule has 6 heteroatoms. The van der Waals surface area contributed by atoms with Gasteiger partial charge in [0.25, 0.3) is 5.56 Å². The second kappa shape index (κ2) is 6.55. The van der Waals surface area contributed by atoms with Crippen molar-refractivity contribution in [1.82, 2.24) is 4.73 Å². The van der Waals surface area contributed by atoms with E-state index >= 15 is 0 Å². The van der Waals surface area contributed by atoms with Crippen LogP contribution in [0.2, 0.25) is 0 Å². The molecule has 1 unspecified atom stereocenters. The molecule has 0 saturated carbocycles. The van der Waals surface area contributed by atoms with E-state index in [-0.39, 0.29) is 17.7 Å². The molecular formula is C18H15NO5. The number of aromatic nitrogens is 1. The third-order valence-corrected chi connectivity index (χ3v) is 3.66. The minimum atomic E-state index is -1.67. The van der Waals surface area contributed by atoms with Gasteiger partial charge in [-0.25, -0.2) is 4.79 Å². The van der Waals surface area contributed by atoms with Crippen molar-refractivity contribution in [2.75, 3.05) is 0 Å². The molecule has 3 aromatic rings. The third-order valence-electron chi connectivity index (χ3n) is 3.66. The Hall–Kier alpha value is -3.12. The van der Waals surface area contributed by atoms with Crippen molar-refractivity contribution in [3.63, 3.8) is 0 Å². The Balaban J connectivity index is 2.04. The molecule has 0 fully saturated rings. The predicted octanol–water partition coefficient (Wildman–Crippen LogP) is 1.75. The number of carboxylic acids is 1. The molecule has 2 N–H and O–H groups in total. The van der Waals surface area contributed by atoms with E-state index in [9.17, 15) is 14.7 Å². The Kier molecular flexibility index (Phi) is 4.31. The maximum absolute atomic E-state index is 12.1. The van der Waals surface area contributed by atoms with E-state index in [1.165, 1.54) is 18.2 Å². The van der Waals surface area contributed by atoms with E-state index in [4.69, 9.17) is 9.94 Å². The number of aliphatic hydroxyl groups is 1. The summed E-state index contributed by atoms with van der Waals surface area (Å²) in [7, 11) is 0. The number of aliphatic hydroxyl groups excluding tert-OH is 1. The Morgan fingerprint density at radius 3 is 2.50 bits per heavy atom. The van der Waals surface area contributed by atoms with Gasteiger partial charge in [0, 0.05) is 17.0 Å². The summed E-state index contributed by atoms with van der Waals surface area (Å²) in [6, 6.07) is 16.8. The van der Waals surface area contributed by atoms with E-state index in [2.05, 4.69) is 0 Å². The Morgan fingerprint density at radius 2 is 1.79 bits per heavy atom. The molecule has 3 rings (SSSR count). The van der Waals surface area contributed by atoms with Crippen LogP contribution in [0.1, 0.15) is 17.2 Å². The number of carbonyl (C=O) groups is 1. The lowest BCUT2D eigenvalue weighted by atomic mass is 10.0. The molecule has 6 nitrogen and oxygen atoms in total. The van der Waals surface area contributed by atoms with Gasteiger partial charge in [0.15, 0.2) is 6.10 Å². The molecule has 24 heavy (non-hydrogen) atoms. The zero-order chi connectivity index (χ0) is 17.1. The van der Waals surface area contributed by atoms with Gasteiger partial charge in [-0.05, 0) is 17.7 Å². The molecule has 1 heterocycles. The van der Waals surface area contributed by atoms with Gasteiger partial charge in [-0.3, -0.25) is 4.79 Å². The van der Waals surface area contributed by atoms with Crippen LogP contribution in [-0.4, -0.2) is 20.9 Å². The second-order valence-corrected chi connectivity index (χ2v) is 5.25. The van der Waals surface area contributed by atoms with Crippen molar-refractivity contribution in [2.45, 2.75) is 12.7 Å². The van der Waals surface area contributed by atoms with Crippen LogP contribution in [0.25, 0.3) is 10.9 Å². The molecule has 0 radical (unpaired) electrons. The number of pyridine rings is 1. The third kappa shape index (κ3) is 3.00. The van der Waals surface area contributed by atoms with E-state index < -0.39 is 12.1 Å². The molecule has 1 atom stereocenters. The van der Waals surface area contributed by atoms with E-state index in [0.29, 0.717) is 10.9 Å². The molecule has 0 aliphatic carbocycles. The van der Waals surface area contributed by atoms with Gasteiger partial charge in [-0.2, -0.15) is 0 Å². The Morgan fingerprint density at radius 1 is 1.04 bits per heavy atom. The first-order valence-electron chi connectivity index (χ1n) is 7.30. The Labute approximate surface area is 137 Å². The lowest BCUT2D eigenvalue weighted by Gasteiger charge is -2.14. The quantitative estimate of drug-likeness (QED) is 0.746. The standard InChI is InChI=1S/C18H15NO5/c20-16-10-9-13-14(17(21)18(22)23)7-4-8-15(13)19(16)24-11-12-5-2-1-3-6-12/h1-10,17,21H,11H2,(H,22,23). The number of benzene rings is 2. The number of hydrogen-bond donors (Lipinski definition) is 2. The van der Waals surface area contributed by atoms with Crippen LogP contribution in [0.4, 0.5) is 0 Å². The summed E-state index contributed by atoms with van der Waals surface area (Å²) >= 11 is 0. The second-order valence-electron chi connectivity index (χ2n) is 5.25. The lowest BCUT2D eigenvalue weighted by molar-refractivity contribution is -0.146. The highest BCUT2D eigenvalue weighted by Gasteiger charge is 2.19. The lowest BCUT2D eigenvalue weighted by Crippen LogP contribution is -2.26. The average Bonchev–Trinajstić information content (AvgIpc) is 2.60. The molecule has 1 aromatic heterocycles. The van der Waals surface area contributed by atoms with Crippen LogP contribution in [0, 0.1) is 0 Å². The minimum absolute atomic E-state index is 0.186. The number of nitrogens with zero attached hydrogens (tertiary/aromatic N) is 1. The van der Waals surface area contributed by atoms with Crippen molar-refractivity contribution in [3.8, 4) is 0 Å². The minimum Gasteiger partial charge on any atom is -0.479 e. The predicted molar refractivity (Wildman–Crippen MR) is 87.5 cm³/mol. The van der Waals surface area contributed by atoms with E-state index in [0.717, 1.165) is 10.3 Å². The summed E-state index contributed by atoms with van der Waals surface area (Å²) in [6.45, 7) is 0.186. The van der Waals surface area contributed by atoms with Crippen molar-refractivity contribution >= 4 is 16.9 Å². The van der Waals surface area contributed by atoms with Gasteiger partial charge < -0.3 is 15.1 Å². The van der Waals surface area contributed by atoms with Crippen LogP contribution >= 0.6 is 0 Å². The maximum Gasteiger partial charge on any atom is 0.337 e. The molecule has 0 amide bonds. The highest BCUT2D eigenvalue weighted by atomic mass is 16.7. The van der Waals surface area contributed by atoms with E-state index in [1.54, 1.807) is 12.1 Å². The highest BCUT2D eigenvalue weighted by Crippen LogP contribution is 2.23. The monoisotopic (exact) mass is 325 g/mol. The fourth-order valence-electron chi connectivity index (χ4n) is 2.49. The topological polar surface area (TPSA) is 88.8 Å². The summed E-state index contributed by atoms with van der Waals surface area (Å²) in [5.74, 6) is -1.36. The van der Waals surface area contributed by atoms with Gasteiger partial charge in [0.1, 0.15) is 6.61 Å². The number of carboxylic acid groups (broad SMARTS) is 1. The van der Waals surface area contributed by atoms with Crippen LogP contribution in [0.5, 0.6) is 0 Å². The van der Waals surface area contributed by atoms with E-state index in [1.807, 2.05) is 30.3 Å². The Bertz CT molecular complexity index is 933. The zero-order valence-electron chi connectivity index (χ0n) is 12.6. The number of aliphatic carboxylic acids is 1. The number of fused-ring (bicyclic) bond motifs is 1. The largest absolute Gasteiger partial charge is 0.479 e. The summed E-state index contributed by atoms with van der Waals surface area (Å²) in [4.78, 5) is 28.8. The summed E-state index contributed by atoms with van der Waals surface area (Å²) in [5, 5.41) is 19.3. The van der Waals surface area contributed by atoms with Gasteiger partial charge in [-0.1, -0.05) is 42.5 Å². The molecule has 122 valence electrons.